The van der Waals surface area contributed by atoms with E-state index in [2.05, 4.69) is 4.72 Å². The van der Waals surface area contributed by atoms with Crippen LogP contribution in [0.1, 0.15) is 38.5 Å². The lowest BCUT2D eigenvalue weighted by Gasteiger charge is -2.41. The number of carbonyl (C=O) groups is 3. The molecule has 3 heterocycles. The van der Waals surface area contributed by atoms with Crippen molar-refractivity contribution >= 4 is 39.5 Å². The molecule has 3 saturated heterocycles. The molecule has 1 saturated carbocycles. The van der Waals surface area contributed by atoms with E-state index in [9.17, 15) is 41.2 Å². The van der Waals surface area contributed by atoms with E-state index in [-0.39, 0.29) is 30.6 Å². The van der Waals surface area contributed by atoms with Crippen molar-refractivity contribution < 1.29 is 40.7 Å². The molecule has 3 N–H and O–H groups in total. The second kappa shape index (κ2) is 9.78. The summed E-state index contributed by atoms with van der Waals surface area (Å²) in [6.45, 7) is 0. The monoisotopic (exact) mass is 603 g/mol. The fourth-order valence-corrected chi connectivity index (χ4v) is 7.46. The number of hydrogen-bond donors (Lipinski definition) is 2. The number of nitriles is 1. The summed E-state index contributed by atoms with van der Waals surface area (Å²) >= 11 is 5.80. The molecular weight excluding hydrogens is 579 g/mol. The first kappa shape index (κ1) is 28.4. The number of benzene rings is 1. The predicted octanol–water partition coefficient (Wildman–Crippen LogP) is 2.25. The number of carbonyl (C=O) groups excluding carboxylic acids is 3. The van der Waals surface area contributed by atoms with Crippen molar-refractivity contribution in [1.82, 2.24) is 14.5 Å². The van der Waals surface area contributed by atoms with Gasteiger partial charge >= 0.3 is 18.2 Å². The Labute approximate surface area is 232 Å². The molecule has 11 nitrogen and oxygen atoms in total. The van der Waals surface area contributed by atoms with Crippen LogP contribution in [0.2, 0.25) is 5.02 Å². The molecule has 1 aromatic carbocycles. The average Bonchev–Trinajstić information content (AvgIpc) is 3.36. The molecule has 4 aliphatic rings. The first-order valence-corrected chi connectivity index (χ1v) is 14.4. The Hall–Kier alpha value is -3.09. The average molecular weight is 604 g/mol. The molecule has 2 bridgehead atoms. The number of nitrogens with zero attached hydrogens (tertiary/aromatic N) is 3. The summed E-state index contributed by atoms with van der Waals surface area (Å²) in [5.41, 5.74) is 4.47. The number of piperidine rings is 2. The molecule has 0 aromatic heterocycles. The van der Waals surface area contributed by atoms with Gasteiger partial charge in [-0.05, 0) is 62.3 Å². The summed E-state index contributed by atoms with van der Waals surface area (Å²) in [6, 6.07) is 3.17. The van der Waals surface area contributed by atoms with Crippen molar-refractivity contribution in [3.8, 4) is 6.07 Å². The number of urea groups is 1. The Bertz CT molecular complexity index is 1370. The van der Waals surface area contributed by atoms with Gasteiger partial charge in [0.15, 0.2) is 5.72 Å². The lowest BCUT2D eigenvalue weighted by Crippen LogP contribution is -2.59. The number of alkyl halides is 3. The van der Waals surface area contributed by atoms with Gasteiger partial charge in [0.1, 0.15) is 6.04 Å². The highest BCUT2D eigenvalue weighted by Crippen LogP contribution is 2.59. The summed E-state index contributed by atoms with van der Waals surface area (Å²) < 4.78 is 70.9. The second-order valence-electron chi connectivity index (χ2n) is 10.6. The summed E-state index contributed by atoms with van der Waals surface area (Å²) in [5, 5.41) is 9.88. The lowest BCUT2D eigenvalue weighted by atomic mass is 9.84. The van der Waals surface area contributed by atoms with Crippen LogP contribution < -0.4 is 10.5 Å². The van der Waals surface area contributed by atoms with E-state index in [4.69, 9.17) is 22.1 Å². The Morgan fingerprint density at radius 1 is 1.15 bits per heavy atom. The summed E-state index contributed by atoms with van der Waals surface area (Å²) in [5.74, 6) is -4.33. The van der Waals surface area contributed by atoms with Crippen LogP contribution in [0.3, 0.4) is 0 Å². The molecule has 6 atom stereocenters. The van der Waals surface area contributed by atoms with E-state index < -0.39 is 75.8 Å². The highest BCUT2D eigenvalue weighted by atomic mass is 35.5. The van der Waals surface area contributed by atoms with Gasteiger partial charge in [0.2, 0.25) is 5.91 Å². The minimum absolute atomic E-state index is 0.0164. The summed E-state index contributed by atoms with van der Waals surface area (Å²) in [6.07, 6.45) is -3.67. The molecule has 1 aromatic rings. The minimum atomic E-state index is -5.27. The second-order valence-corrected chi connectivity index (χ2v) is 12.8. The quantitative estimate of drug-likeness (QED) is 0.484. The summed E-state index contributed by atoms with van der Waals surface area (Å²) in [4.78, 5) is 40.3. The Morgan fingerprint density at radius 3 is 2.30 bits per heavy atom. The number of rotatable bonds is 5. The zero-order valence-electron chi connectivity index (χ0n) is 20.8. The normalized spacial score (nSPS) is 31.6. The topological polar surface area (TPSA) is 163 Å². The van der Waals surface area contributed by atoms with Crippen LogP contribution in [0.5, 0.6) is 0 Å². The van der Waals surface area contributed by atoms with Crippen LogP contribution in [-0.4, -0.2) is 72.2 Å². The minimum Gasteiger partial charge on any atom is -0.432 e. The molecule has 0 spiro atoms. The lowest BCUT2D eigenvalue weighted by molar-refractivity contribution is -0.217. The molecule has 3 amide bonds. The smallest absolute Gasteiger partial charge is 0.432 e. The van der Waals surface area contributed by atoms with Crippen molar-refractivity contribution in [3.63, 3.8) is 0 Å². The number of ether oxygens (including phenoxy) is 1. The van der Waals surface area contributed by atoms with Crippen LogP contribution in [0.4, 0.5) is 18.0 Å². The van der Waals surface area contributed by atoms with Crippen LogP contribution in [0, 0.1) is 23.2 Å². The fraction of sp³-hybridized carbons (Fsp3) is 0.583. The molecule has 3 aliphatic heterocycles. The molecule has 1 aliphatic carbocycles. The van der Waals surface area contributed by atoms with Crippen molar-refractivity contribution in [2.75, 3.05) is 0 Å². The molecule has 16 heteroatoms. The van der Waals surface area contributed by atoms with Gasteiger partial charge in [-0.25, -0.2) is 22.7 Å². The molecule has 40 heavy (non-hydrogen) atoms. The highest BCUT2D eigenvalue weighted by molar-refractivity contribution is 7.90. The maximum absolute atomic E-state index is 13.5. The molecule has 4 fully saturated rings. The maximum Gasteiger partial charge on any atom is 0.491 e. The molecular formula is C24H25ClF3N5O6S. The van der Waals surface area contributed by atoms with E-state index in [0.29, 0.717) is 17.9 Å². The van der Waals surface area contributed by atoms with Crippen LogP contribution in [-0.2, 0) is 24.3 Å². The molecule has 5 rings (SSSR count). The zero-order chi connectivity index (χ0) is 29.2. The van der Waals surface area contributed by atoms with Crippen LogP contribution in [0.15, 0.2) is 29.2 Å². The number of amides is 3. The number of fused-ring (bicyclic) bond motifs is 3. The van der Waals surface area contributed by atoms with Gasteiger partial charge in [0.05, 0.1) is 17.0 Å². The van der Waals surface area contributed by atoms with Gasteiger partial charge in [0.25, 0.3) is 10.0 Å². The van der Waals surface area contributed by atoms with Crippen molar-refractivity contribution in [2.45, 2.75) is 79.5 Å². The number of nitrogens with two attached hydrogens (primary N) is 1. The van der Waals surface area contributed by atoms with Crippen molar-refractivity contribution in [1.29, 1.82) is 5.26 Å². The first-order chi connectivity index (χ1) is 18.7. The standard InChI is InChI=1S/C24H25ClF3N5O6S/c25-14-1-5-18(6-2-14)40(37,38)31-22(36)32-15-3-4-16(32)8-12(7-15)19(30)20(34)33-17(11-29)9-13-10-23(13,33)39-21(35)24(26,27)28/h1-2,5-6,12-13,15-17,19H,3-4,7-10,30H2,(H,31,36)/t12?,13-,15?,16?,17+,19+,23+/m1/s1. The number of halogens is 4. The number of nitrogens with one attached hydrogen (secondary N) is 1. The Kier molecular flexibility index (Phi) is 6.95. The van der Waals surface area contributed by atoms with Crippen LogP contribution >= 0.6 is 11.6 Å². The van der Waals surface area contributed by atoms with Crippen molar-refractivity contribution in [2.24, 2.45) is 17.6 Å². The van der Waals surface area contributed by atoms with E-state index in [0.717, 1.165) is 4.90 Å². The first-order valence-electron chi connectivity index (χ1n) is 12.6. The SMILES string of the molecule is N#C[C@@H]1C[C@@H]2C[C@@]2(OC(=O)C(F)(F)F)N1C(=O)[C@@H](N)C1CC2CCC(C1)N2C(=O)NS(=O)(=O)c1ccc(Cl)cc1. The van der Waals surface area contributed by atoms with Gasteiger partial charge in [-0.15, -0.1) is 0 Å². The largest absolute Gasteiger partial charge is 0.491 e. The fourth-order valence-electron chi connectivity index (χ4n) is 6.38. The van der Waals surface area contributed by atoms with Gasteiger partial charge in [0, 0.05) is 29.4 Å². The van der Waals surface area contributed by atoms with E-state index in [1.54, 1.807) is 0 Å². The van der Waals surface area contributed by atoms with Crippen molar-refractivity contribution in [3.05, 3.63) is 29.3 Å². The van der Waals surface area contributed by atoms with E-state index in [1.807, 2.05) is 6.07 Å². The number of likely N-dealkylation sites (tertiary alicyclic amines) is 1. The van der Waals surface area contributed by atoms with Gasteiger partial charge in [-0.2, -0.15) is 18.4 Å². The van der Waals surface area contributed by atoms with Gasteiger partial charge in [-0.3, -0.25) is 9.69 Å². The van der Waals surface area contributed by atoms with Gasteiger partial charge in [-0.1, -0.05) is 11.6 Å². The zero-order valence-corrected chi connectivity index (χ0v) is 22.4. The van der Waals surface area contributed by atoms with E-state index in [1.165, 1.54) is 29.2 Å². The van der Waals surface area contributed by atoms with Gasteiger partial charge < -0.3 is 15.4 Å². The summed E-state index contributed by atoms with van der Waals surface area (Å²) in [7, 11) is -4.17. The Morgan fingerprint density at radius 2 is 1.75 bits per heavy atom. The third-order valence-electron chi connectivity index (χ3n) is 8.27. The number of hydrogen-bond acceptors (Lipinski definition) is 8. The predicted molar refractivity (Wildman–Crippen MR) is 130 cm³/mol. The molecule has 2 unspecified atom stereocenters. The van der Waals surface area contributed by atoms with E-state index >= 15 is 0 Å². The highest BCUT2D eigenvalue weighted by Gasteiger charge is 2.72. The maximum atomic E-state index is 13.5. The number of sulfonamides is 1. The Balaban J connectivity index is 1.27. The van der Waals surface area contributed by atoms with Crippen LogP contribution in [0.25, 0.3) is 0 Å². The third kappa shape index (κ3) is 4.86. The molecule has 216 valence electrons. The molecule has 0 radical (unpaired) electrons. The number of esters is 1. The third-order valence-corrected chi connectivity index (χ3v) is 9.86.